The third kappa shape index (κ3) is 4.35. The molecule has 0 aliphatic heterocycles. The number of methoxy groups -OCH3 is 1. The van der Waals surface area contributed by atoms with E-state index in [0.717, 1.165) is 11.3 Å². The van der Waals surface area contributed by atoms with Gasteiger partial charge in [0.05, 0.1) is 7.11 Å². The highest BCUT2D eigenvalue weighted by atomic mass is 16.5. The van der Waals surface area contributed by atoms with Gasteiger partial charge in [0.1, 0.15) is 11.5 Å². The maximum atomic E-state index is 11.7. The minimum Gasteiger partial charge on any atom is -0.507 e. The van der Waals surface area contributed by atoms with E-state index in [1.165, 1.54) is 12.2 Å². The summed E-state index contributed by atoms with van der Waals surface area (Å²) >= 11 is 0. The summed E-state index contributed by atoms with van der Waals surface area (Å²) in [5.41, 5.74) is 1.53. The van der Waals surface area contributed by atoms with Crippen LogP contribution in [0.15, 0.2) is 60.7 Å². The molecule has 3 nitrogen and oxygen atoms in total. The van der Waals surface area contributed by atoms with Crippen LogP contribution < -0.4 is 4.74 Å². The fraction of sp³-hybridized carbons (Fsp3) is 0.0556. The fourth-order valence-electron chi connectivity index (χ4n) is 1.75. The number of ether oxygens (including phenoxy) is 1. The van der Waals surface area contributed by atoms with Crippen LogP contribution in [-0.4, -0.2) is 18.0 Å². The van der Waals surface area contributed by atoms with Crippen LogP contribution in [-0.2, 0) is 4.79 Å². The van der Waals surface area contributed by atoms with Crippen molar-refractivity contribution in [3.63, 3.8) is 0 Å². The lowest BCUT2D eigenvalue weighted by Gasteiger charge is -1.98. The topological polar surface area (TPSA) is 46.5 Å². The first kappa shape index (κ1) is 14.6. The molecule has 0 aliphatic carbocycles. The Bertz CT molecular complexity index is 667. The molecule has 0 radical (unpaired) electrons. The van der Waals surface area contributed by atoms with Crippen LogP contribution in [0.1, 0.15) is 11.1 Å². The molecule has 0 atom stereocenters. The Morgan fingerprint density at radius 2 is 1.67 bits per heavy atom. The molecule has 2 rings (SSSR count). The third-order valence-electron chi connectivity index (χ3n) is 2.92. The van der Waals surface area contributed by atoms with E-state index in [0.29, 0.717) is 5.56 Å². The van der Waals surface area contributed by atoms with E-state index in [2.05, 4.69) is 0 Å². The van der Waals surface area contributed by atoms with Crippen molar-refractivity contribution in [1.82, 2.24) is 0 Å². The lowest BCUT2D eigenvalue weighted by atomic mass is 10.1. The highest BCUT2D eigenvalue weighted by Crippen LogP contribution is 2.17. The zero-order valence-corrected chi connectivity index (χ0v) is 11.7. The number of hydrogen-bond donors (Lipinski definition) is 1. The maximum Gasteiger partial charge on any atom is 0.178 e. The van der Waals surface area contributed by atoms with Gasteiger partial charge in [0.2, 0.25) is 0 Å². The molecule has 0 aliphatic rings. The van der Waals surface area contributed by atoms with Crippen LogP contribution in [0.5, 0.6) is 11.5 Å². The molecule has 0 fully saturated rings. The first-order valence-electron chi connectivity index (χ1n) is 6.51. The normalized spacial score (nSPS) is 11.1. The van der Waals surface area contributed by atoms with Crippen molar-refractivity contribution in [2.45, 2.75) is 0 Å². The smallest absolute Gasteiger partial charge is 0.178 e. The van der Waals surface area contributed by atoms with Gasteiger partial charge >= 0.3 is 0 Å². The minimum absolute atomic E-state index is 0.144. The Kier molecular flexibility index (Phi) is 4.94. The monoisotopic (exact) mass is 280 g/mol. The zero-order chi connectivity index (χ0) is 15.1. The summed E-state index contributed by atoms with van der Waals surface area (Å²) < 4.78 is 5.07. The second-order valence-corrected chi connectivity index (χ2v) is 4.40. The first-order chi connectivity index (χ1) is 10.2. The lowest BCUT2D eigenvalue weighted by Crippen LogP contribution is -1.85. The second-order valence-electron chi connectivity index (χ2n) is 4.40. The van der Waals surface area contributed by atoms with Gasteiger partial charge in [-0.2, -0.15) is 0 Å². The van der Waals surface area contributed by atoms with E-state index in [1.807, 2.05) is 24.3 Å². The highest BCUT2D eigenvalue weighted by molar-refractivity contribution is 6.04. The summed E-state index contributed by atoms with van der Waals surface area (Å²) in [5, 5.41) is 9.59. The predicted molar refractivity (Wildman–Crippen MR) is 84.2 cm³/mol. The number of aromatic hydroxyl groups is 1. The average molecular weight is 280 g/mol. The molecule has 0 saturated carbocycles. The van der Waals surface area contributed by atoms with Crippen LogP contribution in [0.25, 0.3) is 12.2 Å². The Morgan fingerprint density at radius 1 is 1.00 bits per heavy atom. The average Bonchev–Trinajstić information content (AvgIpc) is 2.52. The molecule has 21 heavy (non-hydrogen) atoms. The molecular weight excluding hydrogens is 264 g/mol. The number of para-hydroxylation sites is 1. The number of ketones is 1. The molecule has 2 aromatic rings. The molecule has 3 heteroatoms. The quantitative estimate of drug-likeness (QED) is 0.849. The van der Waals surface area contributed by atoms with E-state index in [4.69, 9.17) is 4.74 Å². The third-order valence-corrected chi connectivity index (χ3v) is 2.92. The first-order valence-corrected chi connectivity index (χ1v) is 6.51. The van der Waals surface area contributed by atoms with E-state index in [9.17, 15) is 9.90 Å². The van der Waals surface area contributed by atoms with Gasteiger partial charge in [-0.3, -0.25) is 4.79 Å². The molecule has 0 amide bonds. The van der Waals surface area contributed by atoms with Gasteiger partial charge in [0.15, 0.2) is 5.78 Å². The van der Waals surface area contributed by atoms with Gasteiger partial charge in [-0.25, -0.2) is 0 Å². The molecule has 0 spiro atoms. The number of hydrogen-bond acceptors (Lipinski definition) is 3. The lowest BCUT2D eigenvalue weighted by molar-refractivity contribution is -0.110. The maximum absolute atomic E-state index is 11.7. The van der Waals surface area contributed by atoms with Crippen molar-refractivity contribution >= 4 is 17.9 Å². The van der Waals surface area contributed by atoms with E-state index >= 15 is 0 Å². The minimum atomic E-state index is -0.144. The van der Waals surface area contributed by atoms with E-state index in [-0.39, 0.29) is 11.5 Å². The molecule has 0 saturated heterocycles. The van der Waals surface area contributed by atoms with Crippen molar-refractivity contribution < 1.29 is 14.6 Å². The SMILES string of the molecule is COc1ccc(C=CC(=O)C=Cc2ccccc2O)cc1. The number of allylic oxidation sites excluding steroid dienone is 2. The van der Waals surface area contributed by atoms with Crippen molar-refractivity contribution in [3.8, 4) is 11.5 Å². The molecule has 0 unspecified atom stereocenters. The number of carbonyl (C=O) groups excluding carboxylic acids is 1. The summed E-state index contributed by atoms with van der Waals surface area (Å²) in [6, 6.07) is 14.3. The van der Waals surface area contributed by atoms with Gasteiger partial charge in [-0.05, 0) is 42.0 Å². The highest BCUT2D eigenvalue weighted by Gasteiger charge is 1.96. The number of phenols is 1. The molecule has 1 N–H and O–H groups in total. The molecular formula is C18H16O3. The number of phenolic OH excluding ortho intramolecular Hbond substituents is 1. The summed E-state index contributed by atoms with van der Waals surface area (Å²) in [6.07, 6.45) is 6.24. The van der Waals surface area contributed by atoms with Gasteiger partial charge in [0.25, 0.3) is 0 Å². The number of rotatable bonds is 5. The van der Waals surface area contributed by atoms with Crippen LogP contribution in [0.2, 0.25) is 0 Å². The molecule has 2 aromatic carbocycles. The van der Waals surface area contributed by atoms with Gasteiger partial charge in [-0.15, -0.1) is 0 Å². The summed E-state index contributed by atoms with van der Waals surface area (Å²) in [6.45, 7) is 0. The van der Waals surface area contributed by atoms with Crippen LogP contribution in [0.3, 0.4) is 0 Å². The molecule has 0 bridgehead atoms. The second kappa shape index (κ2) is 7.10. The Labute approximate surface area is 123 Å². The molecule has 0 heterocycles. The Morgan fingerprint density at radius 3 is 2.33 bits per heavy atom. The number of benzene rings is 2. The zero-order valence-electron chi connectivity index (χ0n) is 11.7. The molecule has 0 aromatic heterocycles. The summed E-state index contributed by atoms with van der Waals surface area (Å²) in [7, 11) is 1.61. The van der Waals surface area contributed by atoms with Gasteiger partial charge in [-0.1, -0.05) is 36.4 Å². The van der Waals surface area contributed by atoms with E-state index in [1.54, 1.807) is 43.5 Å². The summed E-state index contributed by atoms with van der Waals surface area (Å²) in [5.74, 6) is 0.785. The largest absolute Gasteiger partial charge is 0.507 e. The summed E-state index contributed by atoms with van der Waals surface area (Å²) in [4.78, 5) is 11.7. The molecule has 106 valence electrons. The van der Waals surface area contributed by atoms with Crippen molar-refractivity contribution in [1.29, 1.82) is 0 Å². The van der Waals surface area contributed by atoms with Crippen LogP contribution in [0.4, 0.5) is 0 Å². The van der Waals surface area contributed by atoms with E-state index < -0.39 is 0 Å². The number of carbonyl (C=O) groups is 1. The fourth-order valence-corrected chi connectivity index (χ4v) is 1.75. The van der Waals surface area contributed by atoms with Crippen LogP contribution >= 0.6 is 0 Å². The van der Waals surface area contributed by atoms with Crippen molar-refractivity contribution in [3.05, 3.63) is 71.8 Å². The Hall–Kier alpha value is -2.81. The van der Waals surface area contributed by atoms with Gasteiger partial charge in [0, 0.05) is 5.56 Å². The van der Waals surface area contributed by atoms with Crippen LogP contribution in [0, 0.1) is 0 Å². The Balaban J connectivity index is 2.00. The van der Waals surface area contributed by atoms with Crippen molar-refractivity contribution in [2.24, 2.45) is 0 Å². The standard InChI is InChI=1S/C18H16O3/c1-21-17-12-7-14(8-13-17)6-10-16(19)11-9-15-4-2-3-5-18(15)20/h2-13,20H,1H3. The van der Waals surface area contributed by atoms with Crippen molar-refractivity contribution in [2.75, 3.05) is 7.11 Å². The van der Waals surface area contributed by atoms with Gasteiger partial charge < -0.3 is 9.84 Å². The predicted octanol–water partition coefficient (Wildman–Crippen LogP) is 3.70.